The average molecular weight is 1160 g/mol. The minimum atomic E-state index is -1.80. The number of ether oxygens (including phenoxy) is 4. The van der Waals surface area contributed by atoms with E-state index in [0.29, 0.717) is 6.42 Å². The number of unbranched alkanes of at least 4 members (excludes halogenated alkanes) is 10. The molecule has 1 amide bonds. The van der Waals surface area contributed by atoms with Crippen molar-refractivity contribution in [2.45, 2.75) is 248 Å². The smallest absolute Gasteiger partial charge is 0.220 e. The second-order valence-electron chi connectivity index (χ2n) is 21.1. The van der Waals surface area contributed by atoms with Gasteiger partial charge in [-0.05, 0) is 109 Å². The largest absolute Gasteiger partial charge is 0.394 e. The molecule has 14 heteroatoms. The van der Waals surface area contributed by atoms with Gasteiger partial charge in [-0.15, -0.1) is 0 Å². The van der Waals surface area contributed by atoms with Gasteiger partial charge in [-0.3, -0.25) is 4.79 Å². The molecule has 0 spiro atoms. The van der Waals surface area contributed by atoms with Crippen molar-refractivity contribution in [1.29, 1.82) is 0 Å². The summed E-state index contributed by atoms with van der Waals surface area (Å²) in [4.78, 5) is 13.2. The topological polar surface area (TPSA) is 228 Å². The molecule has 468 valence electrons. The summed E-state index contributed by atoms with van der Waals surface area (Å²) in [5, 5.41) is 86.7. The molecule has 0 aliphatic carbocycles. The number of aliphatic hydroxyl groups is 8. The van der Waals surface area contributed by atoms with Crippen LogP contribution in [0.1, 0.15) is 174 Å². The van der Waals surface area contributed by atoms with Crippen molar-refractivity contribution >= 4 is 5.91 Å². The minimum absolute atomic E-state index is 0.240. The molecule has 83 heavy (non-hydrogen) atoms. The van der Waals surface area contributed by atoms with E-state index in [-0.39, 0.29) is 18.9 Å². The Morgan fingerprint density at radius 1 is 0.446 bits per heavy atom. The first-order chi connectivity index (χ1) is 40.6. The minimum Gasteiger partial charge on any atom is -0.394 e. The van der Waals surface area contributed by atoms with Crippen molar-refractivity contribution in [2.75, 3.05) is 19.8 Å². The van der Waals surface area contributed by atoms with Crippen molar-refractivity contribution in [3.63, 3.8) is 0 Å². The maximum atomic E-state index is 13.2. The molecular formula is C69H109NO13. The lowest BCUT2D eigenvalue weighted by molar-refractivity contribution is -0.359. The Hall–Kier alpha value is -4.39. The maximum absolute atomic E-state index is 13.2. The van der Waals surface area contributed by atoms with Crippen LogP contribution in [0, 0.1) is 0 Å². The van der Waals surface area contributed by atoms with Gasteiger partial charge in [-0.25, -0.2) is 0 Å². The molecule has 0 saturated carbocycles. The molecule has 12 unspecified atom stereocenters. The molecule has 2 saturated heterocycles. The molecule has 0 radical (unpaired) electrons. The normalized spacial score (nSPS) is 24.9. The van der Waals surface area contributed by atoms with Gasteiger partial charge in [0.25, 0.3) is 0 Å². The fourth-order valence-electron chi connectivity index (χ4n) is 8.98. The summed E-state index contributed by atoms with van der Waals surface area (Å²) in [6.45, 7) is 2.57. The second kappa shape index (κ2) is 52.0. The lowest BCUT2D eigenvalue weighted by Crippen LogP contribution is -2.65. The third kappa shape index (κ3) is 36.9. The van der Waals surface area contributed by atoms with Crippen molar-refractivity contribution in [2.24, 2.45) is 0 Å². The first-order valence-corrected chi connectivity index (χ1v) is 31.2. The number of hydrogen-bond donors (Lipinski definition) is 9. The van der Waals surface area contributed by atoms with Gasteiger partial charge in [0.05, 0.1) is 32.0 Å². The zero-order valence-electron chi connectivity index (χ0n) is 50.4. The Bertz CT molecular complexity index is 2000. The highest BCUT2D eigenvalue weighted by Gasteiger charge is 2.51. The molecule has 14 nitrogen and oxygen atoms in total. The van der Waals surface area contributed by atoms with Gasteiger partial charge in [0.1, 0.15) is 48.8 Å². The van der Waals surface area contributed by atoms with Crippen LogP contribution >= 0.6 is 0 Å². The molecule has 0 bridgehead atoms. The third-order valence-electron chi connectivity index (χ3n) is 14.0. The number of hydrogen-bond acceptors (Lipinski definition) is 13. The van der Waals surface area contributed by atoms with Crippen LogP contribution in [-0.4, -0.2) is 140 Å². The Morgan fingerprint density at radius 2 is 0.831 bits per heavy atom. The molecule has 0 aromatic carbocycles. The summed E-state index contributed by atoms with van der Waals surface area (Å²) in [6, 6.07) is -0.937. The number of carbonyl (C=O) groups excluding carboxylic acids is 1. The monoisotopic (exact) mass is 1160 g/mol. The van der Waals surface area contributed by atoms with E-state index in [1.807, 2.05) is 6.08 Å². The molecule has 2 aliphatic rings. The molecule has 12 atom stereocenters. The number of carbonyl (C=O) groups is 1. The molecule has 0 aromatic rings. The molecule has 2 fully saturated rings. The highest BCUT2D eigenvalue weighted by molar-refractivity contribution is 5.76. The van der Waals surface area contributed by atoms with Gasteiger partial charge in [-0.2, -0.15) is 0 Å². The van der Waals surface area contributed by atoms with Gasteiger partial charge < -0.3 is 65.1 Å². The molecule has 2 heterocycles. The zero-order valence-corrected chi connectivity index (χ0v) is 50.4. The van der Waals surface area contributed by atoms with Gasteiger partial charge >= 0.3 is 0 Å². The lowest BCUT2D eigenvalue weighted by Gasteiger charge is -2.46. The van der Waals surface area contributed by atoms with E-state index in [1.54, 1.807) is 6.08 Å². The Labute approximate surface area is 499 Å². The van der Waals surface area contributed by atoms with Crippen LogP contribution in [0.4, 0.5) is 0 Å². The van der Waals surface area contributed by atoms with Crippen molar-refractivity contribution in [3.05, 3.63) is 158 Å². The number of nitrogens with one attached hydrogen (secondary N) is 1. The van der Waals surface area contributed by atoms with Crippen molar-refractivity contribution in [1.82, 2.24) is 5.32 Å². The van der Waals surface area contributed by atoms with Crippen LogP contribution in [0.25, 0.3) is 0 Å². The fraction of sp³-hybridized carbons (Fsp3) is 0.609. The van der Waals surface area contributed by atoms with Gasteiger partial charge in [0, 0.05) is 6.42 Å². The van der Waals surface area contributed by atoms with E-state index in [9.17, 15) is 45.6 Å². The predicted molar refractivity (Wildman–Crippen MR) is 336 cm³/mol. The summed E-state index contributed by atoms with van der Waals surface area (Å²) < 4.78 is 22.7. The van der Waals surface area contributed by atoms with E-state index >= 15 is 0 Å². The van der Waals surface area contributed by atoms with Crippen LogP contribution in [0.3, 0.4) is 0 Å². The molecule has 9 N–H and O–H groups in total. The zero-order chi connectivity index (χ0) is 60.2. The number of aliphatic hydroxyl groups excluding tert-OH is 8. The number of allylic oxidation sites excluding steroid dienone is 25. The Balaban J connectivity index is 1.61. The van der Waals surface area contributed by atoms with Crippen molar-refractivity contribution in [3.8, 4) is 0 Å². The highest BCUT2D eigenvalue weighted by Crippen LogP contribution is 2.30. The van der Waals surface area contributed by atoms with E-state index in [4.69, 9.17) is 18.9 Å². The predicted octanol–water partition coefficient (Wildman–Crippen LogP) is 11.5. The summed E-state index contributed by atoms with van der Waals surface area (Å²) in [5.74, 6) is -0.275. The van der Waals surface area contributed by atoms with E-state index in [2.05, 4.69) is 165 Å². The molecule has 2 aliphatic heterocycles. The summed E-state index contributed by atoms with van der Waals surface area (Å²) in [6.07, 6.45) is 63.3. The van der Waals surface area contributed by atoms with Crippen LogP contribution < -0.4 is 5.32 Å². The van der Waals surface area contributed by atoms with Gasteiger partial charge in [0.15, 0.2) is 12.6 Å². The molecule has 2 rings (SSSR count). The number of amides is 1. The SMILES string of the molecule is CC/C=C\C/C=C\C/C=C\C/C=C\C/C=C\C/C=C\C/C=C\C/C=C\C/C=C\C/C=C\C/C=C\C/C=C\CCCCCCC(=O)NC(COC1OC(CO)C(OC2OC(CO)C(O)C(O)C2O)C(O)C1O)C(O)/C=C/CCCCCCCC. The standard InChI is InChI=1S/C69H109NO13/c1-3-5-7-9-11-13-14-15-16-17-18-19-20-21-22-23-24-25-26-27-28-29-30-31-32-33-34-35-36-37-38-39-40-41-42-43-44-45-47-49-51-53-61(74)70-57(58(73)52-50-48-46-12-10-8-6-4-2)56-80-68-66(79)64(77)67(60(55-72)82-68)83-69-65(78)63(76)62(75)59(54-71)81-69/h5,7,11,13,15-16,18-19,21-22,24-25,27-28,30-31,33-34,36-37,39-40,42-43,50,52,57-60,62-69,71-73,75-79H,3-4,6,8-10,12,14,17,20,23,26,29,32,35,38,41,44-49,51,53-56H2,1-2H3,(H,70,74)/b7-5-,13-11-,16-15-,19-18-,22-21-,25-24-,28-27-,31-30-,34-33-,37-36-,40-39-,43-42-,52-50+. The van der Waals surface area contributed by atoms with E-state index in [1.165, 1.54) is 19.3 Å². The Kier molecular flexibility index (Phi) is 46.8. The fourth-order valence-corrected chi connectivity index (χ4v) is 8.98. The Morgan fingerprint density at radius 3 is 1.28 bits per heavy atom. The van der Waals surface area contributed by atoms with Crippen molar-refractivity contribution < 1.29 is 64.6 Å². The summed E-state index contributed by atoms with van der Waals surface area (Å²) >= 11 is 0. The molecular weight excluding hydrogens is 1050 g/mol. The van der Waals surface area contributed by atoms with Crippen LogP contribution in [0.15, 0.2) is 158 Å². The summed E-state index contributed by atoms with van der Waals surface area (Å²) in [5.41, 5.74) is 0. The maximum Gasteiger partial charge on any atom is 0.220 e. The molecule has 0 aromatic heterocycles. The quantitative estimate of drug-likeness (QED) is 0.0204. The van der Waals surface area contributed by atoms with Gasteiger partial charge in [0.2, 0.25) is 5.91 Å². The van der Waals surface area contributed by atoms with E-state index in [0.717, 1.165) is 128 Å². The highest BCUT2D eigenvalue weighted by atomic mass is 16.7. The van der Waals surface area contributed by atoms with Crippen LogP contribution in [0.2, 0.25) is 0 Å². The number of rotatable bonds is 47. The summed E-state index contributed by atoms with van der Waals surface area (Å²) in [7, 11) is 0. The van der Waals surface area contributed by atoms with E-state index < -0.39 is 86.8 Å². The first kappa shape index (κ1) is 74.7. The van der Waals surface area contributed by atoms with Crippen LogP contribution in [0.5, 0.6) is 0 Å². The average Bonchev–Trinajstić information content (AvgIpc) is 3.45. The van der Waals surface area contributed by atoms with Crippen LogP contribution in [-0.2, 0) is 23.7 Å². The van der Waals surface area contributed by atoms with Gasteiger partial charge in [-0.1, -0.05) is 217 Å². The first-order valence-electron chi connectivity index (χ1n) is 31.2. The lowest BCUT2D eigenvalue weighted by atomic mass is 9.97. The second-order valence-corrected chi connectivity index (χ2v) is 21.1. The third-order valence-corrected chi connectivity index (χ3v) is 14.0.